The number of amides is 1. The van der Waals surface area contributed by atoms with Crippen molar-refractivity contribution in [3.05, 3.63) is 65.2 Å². The van der Waals surface area contributed by atoms with Crippen molar-refractivity contribution in [2.45, 2.75) is 6.04 Å². The van der Waals surface area contributed by atoms with E-state index in [2.05, 4.69) is 0 Å². The van der Waals surface area contributed by atoms with Crippen molar-refractivity contribution in [2.75, 3.05) is 27.4 Å². The van der Waals surface area contributed by atoms with Crippen molar-refractivity contribution in [3.8, 4) is 11.5 Å². The van der Waals surface area contributed by atoms with Gasteiger partial charge in [-0.05, 0) is 42.0 Å². The first-order valence-corrected chi connectivity index (χ1v) is 8.68. The molecule has 1 heterocycles. The standard InChI is InChI=1S/C21H21NO6/c1-27-11-10-22-18(14-4-3-5-15(23)12-14)17(20(25)21(22)26)19(24)13-6-8-16(28-2)9-7-13/h3-9,12,18,23-24H,10-11H2,1-2H3/b19-17+/t18-/m0/s1. The van der Waals surface area contributed by atoms with Crippen LogP contribution >= 0.6 is 0 Å². The third-order valence-corrected chi connectivity index (χ3v) is 4.63. The number of carbonyl (C=O) groups excluding carboxylic acids is 2. The van der Waals surface area contributed by atoms with Gasteiger partial charge in [0.1, 0.15) is 17.3 Å². The number of phenolic OH excluding ortho intramolecular Hbond substituents is 1. The fourth-order valence-electron chi connectivity index (χ4n) is 3.25. The van der Waals surface area contributed by atoms with Gasteiger partial charge in [0.05, 0.1) is 25.3 Å². The van der Waals surface area contributed by atoms with E-state index in [-0.39, 0.29) is 30.2 Å². The van der Waals surface area contributed by atoms with Gasteiger partial charge in [0.2, 0.25) is 0 Å². The summed E-state index contributed by atoms with van der Waals surface area (Å²) in [5.74, 6) is -1.19. The Morgan fingerprint density at radius 1 is 1.11 bits per heavy atom. The van der Waals surface area contributed by atoms with Crippen molar-refractivity contribution < 1.29 is 29.3 Å². The largest absolute Gasteiger partial charge is 0.508 e. The smallest absolute Gasteiger partial charge is 0.295 e. The number of Topliss-reactive ketones (excluding diaryl/α,β-unsaturated/α-hetero) is 1. The molecule has 3 rings (SSSR count). The molecule has 7 heteroatoms. The van der Waals surface area contributed by atoms with Gasteiger partial charge < -0.3 is 24.6 Å². The average molecular weight is 383 g/mol. The summed E-state index contributed by atoms with van der Waals surface area (Å²) in [6.45, 7) is 0.395. The molecule has 28 heavy (non-hydrogen) atoms. The summed E-state index contributed by atoms with van der Waals surface area (Å²) < 4.78 is 10.2. The molecule has 0 bridgehead atoms. The van der Waals surface area contributed by atoms with E-state index in [0.717, 1.165) is 0 Å². The van der Waals surface area contributed by atoms with Crippen molar-refractivity contribution in [1.29, 1.82) is 0 Å². The minimum atomic E-state index is -0.829. The number of nitrogens with zero attached hydrogens (tertiary/aromatic N) is 1. The maximum Gasteiger partial charge on any atom is 0.295 e. The number of methoxy groups -OCH3 is 2. The second-order valence-electron chi connectivity index (χ2n) is 6.31. The van der Waals surface area contributed by atoms with Crippen LogP contribution in [-0.4, -0.2) is 54.2 Å². The van der Waals surface area contributed by atoms with Crippen LogP contribution in [0.25, 0.3) is 5.76 Å². The molecule has 1 fully saturated rings. The molecule has 1 amide bonds. The molecule has 2 aromatic rings. The molecule has 0 radical (unpaired) electrons. The molecule has 1 saturated heterocycles. The Morgan fingerprint density at radius 2 is 1.82 bits per heavy atom. The van der Waals surface area contributed by atoms with Crippen LogP contribution in [-0.2, 0) is 14.3 Å². The van der Waals surface area contributed by atoms with Crippen LogP contribution in [0.1, 0.15) is 17.2 Å². The zero-order valence-corrected chi connectivity index (χ0v) is 15.6. The maximum absolute atomic E-state index is 12.7. The summed E-state index contributed by atoms with van der Waals surface area (Å²) >= 11 is 0. The van der Waals surface area contributed by atoms with Gasteiger partial charge in [-0.25, -0.2) is 0 Å². The van der Waals surface area contributed by atoms with Gasteiger partial charge >= 0.3 is 0 Å². The monoisotopic (exact) mass is 383 g/mol. The van der Waals surface area contributed by atoms with E-state index in [1.165, 1.54) is 31.3 Å². The molecule has 0 spiro atoms. The lowest BCUT2D eigenvalue weighted by molar-refractivity contribution is -0.140. The van der Waals surface area contributed by atoms with Crippen LogP contribution in [0.5, 0.6) is 11.5 Å². The van der Waals surface area contributed by atoms with E-state index in [1.807, 2.05) is 0 Å². The molecule has 1 aliphatic heterocycles. The normalized spacial score (nSPS) is 18.5. The lowest BCUT2D eigenvalue weighted by atomic mass is 9.95. The van der Waals surface area contributed by atoms with E-state index in [9.17, 15) is 19.8 Å². The number of hydrogen-bond acceptors (Lipinski definition) is 6. The number of rotatable bonds is 6. The fraction of sp³-hybridized carbons (Fsp3) is 0.238. The molecular formula is C21H21NO6. The number of aromatic hydroxyl groups is 1. The number of carbonyl (C=O) groups is 2. The lowest BCUT2D eigenvalue weighted by Gasteiger charge is -2.25. The minimum absolute atomic E-state index is 0.000670. The summed E-state index contributed by atoms with van der Waals surface area (Å²) in [7, 11) is 3.02. The Balaban J connectivity index is 2.14. The van der Waals surface area contributed by atoms with Crippen molar-refractivity contribution in [1.82, 2.24) is 4.90 Å². The molecule has 1 atom stereocenters. The molecule has 1 aliphatic rings. The second kappa shape index (κ2) is 8.14. The van der Waals surface area contributed by atoms with E-state index in [4.69, 9.17) is 9.47 Å². The molecule has 2 aromatic carbocycles. The number of benzene rings is 2. The highest BCUT2D eigenvalue weighted by molar-refractivity contribution is 6.46. The Labute approximate surface area is 162 Å². The SMILES string of the molecule is COCCN1C(=O)C(=O)/C(=C(/O)c2ccc(OC)cc2)[C@@H]1c1cccc(O)c1. The number of ketones is 1. The van der Waals surface area contributed by atoms with E-state index < -0.39 is 17.7 Å². The van der Waals surface area contributed by atoms with E-state index >= 15 is 0 Å². The number of aliphatic hydroxyl groups excluding tert-OH is 1. The molecule has 0 unspecified atom stereocenters. The third kappa shape index (κ3) is 3.57. The second-order valence-corrected chi connectivity index (χ2v) is 6.31. The molecular weight excluding hydrogens is 362 g/mol. The summed E-state index contributed by atoms with van der Waals surface area (Å²) in [4.78, 5) is 26.7. The van der Waals surface area contributed by atoms with Gasteiger partial charge in [0.15, 0.2) is 0 Å². The first kappa shape index (κ1) is 19.4. The zero-order chi connectivity index (χ0) is 20.3. The highest BCUT2D eigenvalue weighted by Gasteiger charge is 2.45. The van der Waals surface area contributed by atoms with Gasteiger partial charge in [0.25, 0.3) is 11.7 Å². The van der Waals surface area contributed by atoms with Crippen molar-refractivity contribution in [3.63, 3.8) is 0 Å². The van der Waals surface area contributed by atoms with E-state index in [1.54, 1.807) is 36.4 Å². The highest BCUT2D eigenvalue weighted by Crippen LogP contribution is 2.40. The average Bonchev–Trinajstić information content (AvgIpc) is 2.96. The predicted octanol–water partition coefficient (Wildman–Crippen LogP) is 2.47. The van der Waals surface area contributed by atoms with Gasteiger partial charge in [-0.15, -0.1) is 0 Å². The summed E-state index contributed by atoms with van der Waals surface area (Å²) in [5, 5.41) is 20.7. The quantitative estimate of drug-likeness (QED) is 0.452. The van der Waals surface area contributed by atoms with Gasteiger partial charge in [-0.3, -0.25) is 9.59 Å². The first-order valence-electron chi connectivity index (χ1n) is 8.68. The number of aliphatic hydroxyl groups is 1. The predicted molar refractivity (Wildman–Crippen MR) is 102 cm³/mol. The van der Waals surface area contributed by atoms with Gasteiger partial charge in [-0.1, -0.05) is 12.1 Å². The van der Waals surface area contributed by atoms with Crippen LogP contribution < -0.4 is 4.74 Å². The number of likely N-dealkylation sites (tertiary alicyclic amines) is 1. The molecule has 0 aromatic heterocycles. The van der Waals surface area contributed by atoms with Crippen molar-refractivity contribution >= 4 is 17.4 Å². The topological polar surface area (TPSA) is 96.3 Å². The van der Waals surface area contributed by atoms with Gasteiger partial charge in [0, 0.05) is 19.2 Å². The fourth-order valence-corrected chi connectivity index (χ4v) is 3.25. The Bertz CT molecular complexity index is 919. The Hall–Kier alpha value is -3.32. The third-order valence-electron chi connectivity index (χ3n) is 4.63. The van der Waals surface area contributed by atoms with Crippen LogP contribution in [0.4, 0.5) is 0 Å². The molecule has 0 saturated carbocycles. The zero-order valence-electron chi connectivity index (χ0n) is 15.6. The Morgan fingerprint density at radius 3 is 2.43 bits per heavy atom. The van der Waals surface area contributed by atoms with Crippen LogP contribution in [0.3, 0.4) is 0 Å². The van der Waals surface area contributed by atoms with Crippen molar-refractivity contribution in [2.24, 2.45) is 0 Å². The van der Waals surface area contributed by atoms with Crippen LogP contribution in [0, 0.1) is 0 Å². The number of phenols is 1. The summed E-state index contributed by atoms with van der Waals surface area (Å²) in [5.41, 5.74) is 0.873. The Kier molecular flexibility index (Phi) is 5.65. The maximum atomic E-state index is 12.7. The first-order chi connectivity index (χ1) is 13.5. The molecule has 2 N–H and O–H groups in total. The summed E-state index contributed by atoms with van der Waals surface area (Å²) in [6.07, 6.45) is 0. The highest BCUT2D eigenvalue weighted by atomic mass is 16.5. The molecule has 146 valence electrons. The molecule has 7 nitrogen and oxygen atoms in total. The van der Waals surface area contributed by atoms with Gasteiger partial charge in [-0.2, -0.15) is 0 Å². The van der Waals surface area contributed by atoms with Crippen LogP contribution in [0.2, 0.25) is 0 Å². The summed E-state index contributed by atoms with van der Waals surface area (Å²) in [6, 6.07) is 12.0. The number of ether oxygens (including phenoxy) is 2. The minimum Gasteiger partial charge on any atom is -0.508 e. The van der Waals surface area contributed by atoms with E-state index in [0.29, 0.717) is 16.9 Å². The molecule has 0 aliphatic carbocycles. The van der Waals surface area contributed by atoms with Crippen LogP contribution in [0.15, 0.2) is 54.1 Å². The number of hydrogen-bond donors (Lipinski definition) is 2. The lowest BCUT2D eigenvalue weighted by Crippen LogP contribution is -2.32.